The maximum Gasteiger partial charge on any atom is 0.424 e. The standard InChI is InChI=1S/C16H12Cl2F8O3/c1-14(2)5(12(27)15(17,18)16(24,25)26)6(14)13(28)29-3-4-7(19)9(21)11(23)10(22)8(4)20/h5-6,12,27H,3H2,1-2H3. The summed E-state index contributed by atoms with van der Waals surface area (Å²) in [5.41, 5.74) is -2.75. The molecule has 0 spiro atoms. The van der Waals surface area contributed by atoms with Crippen LogP contribution in [0.2, 0.25) is 0 Å². The van der Waals surface area contributed by atoms with Crippen LogP contribution in [0.15, 0.2) is 0 Å². The van der Waals surface area contributed by atoms with Gasteiger partial charge in [0.25, 0.3) is 0 Å². The Balaban J connectivity index is 2.19. The fourth-order valence-corrected chi connectivity index (χ4v) is 3.39. The Morgan fingerprint density at radius 2 is 1.45 bits per heavy atom. The van der Waals surface area contributed by atoms with Crippen LogP contribution in [0, 0.1) is 46.3 Å². The molecule has 1 saturated carbocycles. The molecule has 0 saturated heterocycles. The third-order valence-corrected chi connectivity index (χ3v) is 5.79. The van der Waals surface area contributed by atoms with Crippen molar-refractivity contribution in [3.05, 3.63) is 34.6 Å². The van der Waals surface area contributed by atoms with Gasteiger partial charge in [0.1, 0.15) is 12.7 Å². The first-order chi connectivity index (χ1) is 13.0. The summed E-state index contributed by atoms with van der Waals surface area (Å²) in [6.07, 6.45) is -7.72. The lowest BCUT2D eigenvalue weighted by Gasteiger charge is -2.28. The molecule has 1 N–H and O–H groups in total. The second kappa shape index (κ2) is 7.42. The molecule has 1 fully saturated rings. The van der Waals surface area contributed by atoms with Crippen molar-refractivity contribution in [3.63, 3.8) is 0 Å². The van der Waals surface area contributed by atoms with E-state index >= 15 is 0 Å². The largest absolute Gasteiger partial charge is 0.460 e. The van der Waals surface area contributed by atoms with Gasteiger partial charge in [0.2, 0.25) is 10.2 Å². The van der Waals surface area contributed by atoms with E-state index in [1.54, 1.807) is 0 Å². The molecule has 1 aliphatic carbocycles. The van der Waals surface area contributed by atoms with Crippen molar-refractivity contribution in [1.82, 2.24) is 0 Å². The van der Waals surface area contributed by atoms with E-state index in [1.807, 2.05) is 0 Å². The third kappa shape index (κ3) is 3.88. The Morgan fingerprint density at radius 3 is 1.86 bits per heavy atom. The number of carbonyl (C=O) groups excluding carboxylic acids is 1. The van der Waals surface area contributed by atoms with E-state index in [0.717, 1.165) is 0 Å². The quantitative estimate of drug-likeness (QED) is 0.219. The molecular weight excluding hydrogens is 463 g/mol. The highest BCUT2D eigenvalue weighted by molar-refractivity contribution is 6.49. The predicted octanol–water partition coefficient (Wildman–Crippen LogP) is 4.79. The number of hydrogen-bond donors (Lipinski definition) is 1. The second-order valence-corrected chi connectivity index (χ2v) is 8.43. The van der Waals surface area contributed by atoms with Crippen molar-refractivity contribution in [2.24, 2.45) is 17.3 Å². The van der Waals surface area contributed by atoms with E-state index < -0.39 is 81.1 Å². The molecule has 3 nitrogen and oxygen atoms in total. The average Bonchev–Trinajstić information content (AvgIpc) is 3.18. The van der Waals surface area contributed by atoms with Crippen LogP contribution >= 0.6 is 23.2 Å². The van der Waals surface area contributed by atoms with Gasteiger partial charge in [0.05, 0.1) is 11.5 Å². The normalized spacial score (nSPS) is 22.4. The number of esters is 1. The van der Waals surface area contributed by atoms with Crippen LogP contribution in [0.4, 0.5) is 35.1 Å². The molecule has 0 aromatic heterocycles. The van der Waals surface area contributed by atoms with E-state index in [2.05, 4.69) is 4.74 Å². The topological polar surface area (TPSA) is 46.5 Å². The van der Waals surface area contributed by atoms with Crippen molar-refractivity contribution in [2.45, 2.75) is 37.1 Å². The first-order valence-electron chi connectivity index (χ1n) is 7.77. The molecule has 3 atom stereocenters. The molecule has 164 valence electrons. The first-order valence-corrected chi connectivity index (χ1v) is 8.53. The summed E-state index contributed by atoms with van der Waals surface area (Å²) < 4.78 is 106. The molecular formula is C16H12Cl2F8O3. The minimum Gasteiger partial charge on any atom is -0.460 e. The number of benzene rings is 1. The van der Waals surface area contributed by atoms with Gasteiger partial charge in [0, 0.05) is 5.92 Å². The first kappa shape index (κ1) is 23.9. The van der Waals surface area contributed by atoms with Crippen LogP contribution in [0.5, 0.6) is 0 Å². The number of aliphatic hydroxyl groups is 1. The molecule has 0 bridgehead atoms. The molecule has 0 radical (unpaired) electrons. The summed E-state index contributed by atoms with van der Waals surface area (Å²) in [6.45, 7) is 1.16. The van der Waals surface area contributed by atoms with Crippen LogP contribution in [-0.2, 0) is 16.1 Å². The van der Waals surface area contributed by atoms with E-state index in [9.17, 15) is 45.0 Å². The highest BCUT2D eigenvalue weighted by Gasteiger charge is 2.72. The predicted molar refractivity (Wildman–Crippen MR) is 83.3 cm³/mol. The monoisotopic (exact) mass is 474 g/mol. The second-order valence-electron chi connectivity index (χ2n) is 7.05. The minimum atomic E-state index is -5.25. The number of carbonyl (C=O) groups is 1. The maximum absolute atomic E-state index is 13.6. The fraction of sp³-hybridized carbons (Fsp3) is 0.562. The van der Waals surface area contributed by atoms with Crippen molar-refractivity contribution < 1.29 is 49.8 Å². The Kier molecular flexibility index (Phi) is 6.13. The Bertz CT molecular complexity index is 811. The summed E-state index contributed by atoms with van der Waals surface area (Å²) in [7, 11) is 0. The number of halogens is 10. The number of hydrogen-bond acceptors (Lipinski definition) is 3. The zero-order chi connectivity index (χ0) is 22.7. The molecule has 0 aliphatic heterocycles. The van der Waals surface area contributed by atoms with Gasteiger partial charge in [-0.05, 0) is 5.41 Å². The van der Waals surface area contributed by atoms with Crippen molar-refractivity contribution in [2.75, 3.05) is 0 Å². The Morgan fingerprint density at radius 1 is 1.03 bits per heavy atom. The third-order valence-electron chi connectivity index (χ3n) is 4.91. The van der Waals surface area contributed by atoms with Crippen LogP contribution in [-0.4, -0.2) is 27.7 Å². The molecule has 29 heavy (non-hydrogen) atoms. The maximum atomic E-state index is 13.6. The summed E-state index contributed by atoms with van der Waals surface area (Å²) in [4.78, 5) is 12.1. The van der Waals surface area contributed by atoms with Gasteiger partial charge in [-0.25, -0.2) is 22.0 Å². The molecule has 0 heterocycles. The van der Waals surface area contributed by atoms with E-state index in [4.69, 9.17) is 23.2 Å². The van der Waals surface area contributed by atoms with Gasteiger partial charge in [-0.2, -0.15) is 13.2 Å². The van der Waals surface area contributed by atoms with Crippen LogP contribution in [0.1, 0.15) is 19.4 Å². The molecule has 13 heteroatoms. The van der Waals surface area contributed by atoms with Crippen LogP contribution in [0.25, 0.3) is 0 Å². The van der Waals surface area contributed by atoms with Crippen LogP contribution < -0.4 is 0 Å². The lowest BCUT2D eigenvalue weighted by Crippen LogP contribution is -2.47. The fourth-order valence-electron chi connectivity index (χ4n) is 3.12. The number of ether oxygens (including phenoxy) is 1. The van der Waals surface area contributed by atoms with Gasteiger partial charge in [-0.15, -0.1) is 0 Å². The molecule has 1 aliphatic rings. The smallest absolute Gasteiger partial charge is 0.424 e. The minimum absolute atomic E-state index is 1.27. The summed E-state index contributed by atoms with van der Waals surface area (Å²) >= 11 is 10.4. The average molecular weight is 475 g/mol. The number of rotatable bonds is 5. The van der Waals surface area contributed by atoms with E-state index in [0.29, 0.717) is 0 Å². The highest BCUT2D eigenvalue weighted by atomic mass is 35.5. The van der Waals surface area contributed by atoms with Gasteiger partial charge in [0.15, 0.2) is 23.3 Å². The lowest BCUT2D eigenvalue weighted by atomic mass is 10.0. The van der Waals surface area contributed by atoms with E-state index in [-0.39, 0.29) is 0 Å². The summed E-state index contributed by atoms with van der Waals surface area (Å²) in [6, 6.07) is 0. The summed E-state index contributed by atoms with van der Waals surface area (Å²) in [5.74, 6) is -15.6. The lowest BCUT2D eigenvalue weighted by molar-refractivity contribution is -0.166. The molecule has 3 unspecified atom stereocenters. The van der Waals surface area contributed by atoms with Crippen LogP contribution in [0.3, 0.4) is 0 Å². The van der Waals surface area contributed by atoms with E-state index in [1.165, 1.54) is 13.8 Å². The van der Waals surface area contributed by atoms with Crippen molar-refractivity contribution >= 4 is 29.2 Å². The highest BCUT2D eigenvalue weighted by Crippen LogP contribution is 2.64. The number of alkyl halides is 5. The molecule has 2 rings (SSSR count). The number of aliphatic hydroxyl groups excluding tert-OH is 1. The molecule has 1 aromatic carbocycles. The van der Waals surface area contributed by atoms with Gasteiger partial charge < -0.3 is 9.84 Å². The van der Waals surface area contributed by atoms with Gasteiger partial charge in [-0.1, -0.05) is 37.0 Å². The zero-order valence-corrected chi connectivity index (χ0v) is 16.0. The molecule has 1 aromatic rings. The van der Waals surface area contributed by atoms with Crippen molar-refractivity contribution in [1.29, 1.82) is 0 Å². The Labute approximate surface area is 168 Å². The van der Waals surface area contributed by atoms with Gasteiger partial charge in [-0.3, -0.25) is 4.79 Å². The van der Waals surface area contributed by atoms with Crippen molar-refractivity contribution in [3.8, 4) is 0 Å². The molecule has 0 amide bonds. The SMILES string of the molecule is CC1(C)C(C(=O)OCc2c(F)c(F)c(F)c(F)c2F)C1C(O)C(Cl)(Cl)C(F)(F)F. The Hall–Kier alpha value is -1.33. The van der Waals surface area contributed by atoms with Gasteiger partial charge >= 0.3 is 12.1 Å². The zero-order valence-electron chi connectivity index (χ0n) is 14.5. The summed E-state index contributed by atoms with van der Waals surface area (Å²) in [5, 5.41) is 9.93.